The van der Waals surface area contributed by atoms with E-state index in [0.717, 1.165) is 21.7 Å². The van der Waals surface area contributed by atoms with Crippen LogP contribution in [0.2, 0.25) is 0 Å². The summed E-state index contributed by atoms with van der Waals surface area (Å²) in [4.78, 5) is 23.3. The maximum Gasteiger partial charge on any atom is 0.306 e. The van der Waals surface area contributed by atoms with E-state index in [1.807, 2.05) is 30.3 Å². The van der Waals surface area contributed by atoms with Crippen molar-refractivity contribution in [2.24, 2.45) is 5.92 Å². The van der Waals surface area contributed by atoms with Gasteiger partial charge in [0.25, 0.3) is 5.91 Å². The summed E-state index contributed by atoms with van der Waals surface area (Å²) in [5, 5.41) is 14.0. The molecule has 3 rings (SSSR count). The van der Waals surface area contributed by atoms with Gasteiger partial charge in [0.1, 0.15) is 0 Å². The minimum Gasteiger partial charge on any atom is -0.481 e. The van der Waals surface area contributed by atoms with Gasteiger partial charge in [-0.3, -0.25) is 9.59 Å². The molecule has 22 heavy (non-hydrogen) atoms. The molecule has 2 atom stereocenters. The zero-order chi connectivity index (χ0) is 15.7. The van der Waals surface area contributed by atoms with E-state index in [4.69, 9.17) is 5.11 Å². The number of fused-ring (bicyclic) bond motifs is 1. The van der Waals surface area contributed by atoms with E-state index in [-0.39, 0.29) is 17.9 Å². The number of carboxylic acids is 1. The Kier molecular flexibility index (Phi) is 4.16. The maximum atomic E-state index is 12.3. The molecule has 114 valence electrons. The lowest BCUT2D eigenvalue weighted by atomic mass is 10.1. The number of amides is 1. The van der Waals surface area contributed by atoms with Gasteiger partial charge in [0.15, 0.2) is 0 Å². The quantitative estimate of drug-likeness (QED) is 0.877. The number of nitrogens with one attached hydrogen (secondary N) is 1. The fraction of sp³-hybridized carbons (Fsp3) is 0.294. The first kappa shape index (κ1) is 15.0. The van der Waals surface area contributed by atoms with E-state index < -0.39 is 5.97 Å². The van der Waals surface area contributed by atoms with Crippen LogP contribution in [0.25, 0.3) is 10.8 Å². The summed E-state index contributed by atoms with van der Waals surface area (Å²) < 4.78 is 1.00. The van der Waals surface area contributed by atoms with E-state index in [0.29, 0.717) is 18.4 Å². The largest absolute Gasteiger partial charge is 0.481 e. The smallest absolute Gasteiger partial charge is 0.306 e. The minimum atomic E-state index is -0.770. The zero-order valence-corrected chi connectivity index (χ0v) is 13.5. The first-order valence-electron chi connectivity index (χ1n) is 7.26. The Morgan fingerprint density at radius 1 is 1.09 bits per heavy atom. The van der Waals surface area contributed by atoms with Gasteiger partial charge in [0.2, 0.25) is 0 Å². The summed E-state index contributed by atoms with van der Waals surface area (Å²) >= 11 is 3.43. The fourth-order valence-corrected chi connectivity index (χ4v) is 3.34. The third-order valence-electron chi connectivity index (χ3n) is 4.18. The van der Waals surface area contributed by atoms with Gasteiger partial charge in [-0.25, -0.2) is 0 Å². The Balaban J connectivity index is 1.73. The molecule has 2 N–H and O–H groups in total. The molecule has 2 aromatic carbocycles. The van der Waals surface area contributed by atoms with Crippen LogP contribution in [0, 0.1) is 5.92 Å². The molecular formula is C17H16BrNO3. The lowest BCUT2D eigenvalue weighted by molar-refractivity contribution is -0.141. The van der Waals surface area contributed by atoms with Crippen molar-refractivity contribution in [3.8, 4) is 0 Å². The second-order valence-corrected chi connectivity index (χ2v) is 6.64. The molecule has 1 fully saturated rings. The van der Waals surface area contributed by atoms with Crippen LogP contribution in [0.1, 0.15) is 29.6 Å². The molecule has 0 bridgehead atoms. The number of rotatable bonds is 3. The van der Waals surface area contributed by atoms with Crippen molar-refractivity contribution in [2.45, 2.75) is 25.3 Å². The standard InChI is InChI=1S/C17H16BrNO3/c18-14-5-3-10-7-12(2-1-11(10)8-14)16(20)19-15-6-4-13(9-15)17(21)22/h1-3,5,7-8,13,15H,4,6,9H2,(H,19,20)(H,21,22)/t13-,15+/m1/s1. The molecule has 1 aliphatic carbocycles. The van der Waals surface area contributed by atoms with Crippen molar-refractivity contribution in [1.29, 1.82) is 0 Å². The van der Waals surface area contributed by atoms with Crippen LogP contribution >= 0.6 is 15.9 Å². The molecule has 0 unspecified atom stereocenters. The monoisotopic (exact) mass is 361 g/mol. The molecule has 0 spiro atoms. The van der Waals surface area contributed by atoms with E-state index in [1.165, 1.54) is 0 Å². The Morgan fingerprint density at radius 2 is 1.82 bits per heavy atom. The van der Waals surface area contributed by atoms with Gasteiger partial charge in [-0.1, -0.05) is 28.1 Å². The topological polar surface area (TPSA) is 66.4 Å². The average molecular weight is 362 g/mol. The van der Waals surface area contributed by atoms with Crippen molar-refractivity contribution in [3.05, 3.63) is 46.4 Å². The highest BCUT2D eigenvalue weighted by molar-refractivity contribution is 9.10. The van der Waals surface area contributed by atoms with Gasteiger partial charge < -0.3 is 10.4 Å². The lowest BCUT2D eigenvalue weighted by Crippen LogP contribution is -2.33. The highest BCUT2D eigenvalue weighted by Gasteiger charge is 2.30. The fourth-order valence-electron chi connectivity index (χ4n) is 2.96. The average Bonchev–Trinajstić information content (AvgIpc) is 2.95. The van der Waals surface area contributed by atoms with Crippen LogP contribution in [-0.4, -0.2) is 23.0 Å². The summed E-state index contributed by atoms with van der Waals surface area (Å²) in [5.41, 5.74) is 0.605. The van der Waals surface area contributed by atoms with Crippen LogP contribution in [0.15, 0.2) is 40.9 Å². The van der Waals surface area contributed by atoms with Gasteiger partial charge in [-0.05, 0) is 54.3 Å². The SMILES string of the molecule is O=C(N[C@H]1CC[C@@H](C(=O)O)C1)c1ccc2cc(Br)ccc2c1. The summed E-state index contributed by atoms with van der Waals surface area (Å²) in [7, 11) is 0. The molecule has 5 heteroatoms. The minimum absolute atomic E-state index is 0.0470. The number of halogens is 1. The number of carboxylic acid groups (broad SMARTS) is 1. The number of carbonyl (C=O) groups excluding carboxylic acids is 1. The molecule has 4 nitrogen and oxygen atoms in total. The van der Waals surface area contributed by atoms with Gasteiger partial charge in [0.05, 0.1) is 5.92 Å². The summed E-state index contributed by atoms with van der Waals surface area (Å²) in [6, 6.07) is 11.4. The van der Waals surface area contributed by atoms with Gasteiger partial charge in [0, 0.05) is 16.1 Å². The van der Waals surface area contributed by atoms with Crippen LogP contribution in [0.3, 0.4) is 0 Å². The molecule has 0 aliphatic heterocycles. The van der Waals surface area contributed by atoms with E-state index >= 15 is 0 Å². The predicted molar refractivity (Wildman–Crippen MR) is 87.9 cm³/mol. The maximum absolute atomic E-state index is 12.3. The molecule has 1 amide bonds. The van der Waals surface area contributed by atoms with Gasteiger partial charge in [-0.15, -0.1) is 0 Å². The van der Waals surface area contributed by atoms with E-state index in [2.05, 4.69) is 21.2 Å². The Morgan fingerprint density at radius 3 is 2.55 bits per heavy atom. The molecule has 1 aliphatic rings. The van der Waals surface area contributed by atoms with Crippen LogP contribution < -0.4 is 5.32 Å². The molecule has 0 saturated heterocycles. The Bertz CT molecular complexity index is 744. The van der Waals surface area contributed by atoms with Gasteiger partial charge >= 0.3 is 5.97 Å². The van der Waals surface area contributed by atoms with Crippen molar-refractivity contribution in [1.82, 2.24) is 5.32 Å². The van der Waals surface area contributed by atoms with Crippen LogP contribution in [0.5, 0.6) is 0 Å². The first-order chi connectivity index (χ1) is 10.5. The van der Waals surface area contributed by atoms with E-state index in [9.17, 15) is 9.59 Å². The predicted octanol–water partition coefficient (Wildman–Crippen LogP) is 3.59. The van der Waals surface area contributed by atoms with Crippen molar-refractivity contribution >= 4 is 38.6 Å². The number of carbonyl (C=O) groups is 2. The summed E-state index contributed by atoms with van der Waals surface area (Å²) in [6.45, 7) is 0. The van der Waals surface area contributed by atoms with E-state index in [1.54, 1.807) is 6.07 Å². The zero-order valence-electron chi connectivity index (χ0n) is 11.9. The molecule has 0 aromatic heterocycles. The number of hydrogen-bond donors (Lipinski definition) is 2. The lowest BCUT2D eigenvalue weighted by Gasteiger charge is -2.13. The number of aliphatic carboxylic acids is 1. The number of hydrogen-bond acceptors (Lipinski definition) is 2. The van der Waals surface area contributed by atoms with Crippen LogP contribution in [-0.2, 0) is 4.79 Å². The van der Waals surface area contributed by atoms with Crippen molar-refractivity contribution in [2.75, 3.05) is 0 Å². The van der Waals surface area contributed by atoms with Crippen molar-refractivity contribution in [3.63, 3.8) is 0 Å². The molecular weight excluding hydrogens is 346 g/mol. The highest BCUT2D eigenvalue weighted by Crippen LogP contribution is 2.26. The molecule has 1 saturated carbocycles. The second-order valence-electron chi connectivity index (χ2n) is 5.72. The van der Waals surface area contributed by atoms with Crippen molar-refractivity contribution < 1.29 is 14.7 Å². The normalized spacial score (nSPS) is 21.0. The summed E-state index contributed by atoms with van der Waals surface area (Å²) in [6.07, 6.45) is 1.87. The Labute approximate surface area is 136 Å². The molecule has 2 aromatic rings. The third kappa shape index (κ3) is 3.14. The van der Waals surface area contributed by atoms with Crippen LogP contribution in [0.4, 0.5) is 0 Å². The molecule has 0 heterocycles. The Hall–Kier alpha value is -1.88. The van der Waals surface area contributed by atoms with Gasteiger partial charge in [-0.2, -0.15) is 0 Å². The summed E-state index contributed by atoms with van der Waals surface area (Å²) in [5.74, 6) is -1.24. The highest BCUT2D eigenvalue weighted by atomic mass is 79.9. The second kappa shape index (κ2) is 6.08. The molecule has 0 radical (unpaired) electrons. The number of benzene rings is 2. The first-order valence-corrected chi connectivity index (χ1v) is 8.05. The third-order valence-corrected chi connectivity index (χ3v) is 4.67.